The summed E-state index contributed by atoms with van der Waals surface area (Å²) < 4.78 is 68.6. The van der Waals surface area contributed by atoms with Crippen molar-refractivity contribution in [1.82, 2.24) is 0 Å². The fourth-order valence-electron chi connectivity index (χ4n) is 11.9. The number of aliphatic hydroxyl groups excluding tert-OH is 1. The third-order valence-electron chi connectivity index (χ3n) is 18.5. The van der Waals surface area contributed by atoms with Crippen molar-refractivity contribution in [1.29, 1.82) is 0 Å². The molecule has 0 amide bonds. The Kier molecular flexibility index (Phi) is 67.1. The maximum atomic E-state index is 13.1. The molecule has 0 aromatic carbocycles. The number of carbonyl (C=O) groups excluding carboxylic acids is 4. The van der Waals surface area contributed by atoms with Gasteiger partial charge in [-0.1, -0.05) is 350 Å². The number of esters is 4. The second kappa shape index (κ2) is 68.5. The van der Waals surface area contributed by atoms with E-state index in [9.17, 15) is 43.2 Å². The highest BCUT2D eigenvalue weighted by Crippen LogP contribution is 2.45. The fourth-order valence-corrected chi connectivity index (χ4v) is 13.5. The van der Waals surface area contributed by atoms with E-state index in [1.165, 1.54) is 212 Å². The predicted octanol–water partition coefficient (Wildman–Crippen LogP) is 23.0. The van der Waals surface area contributed by atoms with Crippen LogP contribution in [-0.2, 0) is 65.4 Å². The van der Waals surface area contributed by atoms with E-state index in [2.05, 4.69) is 48.5 Å². The molecule has 0 bridgehead atoms. The summed E-state index contributed by atoms with van der Waals surface area (Å²) in [7, 11) is -9.92. The third-order valence-corrected chi connectivity index (χ3v) is 20.4. The van der Waals surface area contributed by atoms with Crippen LogP contribution in [0.15, 0.2) is 0 Å². The zero-order valence-corrected chi connectivity index (χ0v) is 65.3. The Hall–Kier alpha value is -1.94. The Bertz CT molecular complexity index is 1890. The summed E-state index contributed by atoms with van der Waals surface area (Å²) in [4.78, 5) is 72.9. The van der Waals surface area contributed by atoms with Crippen LogP contribution >= 0.6 is 15.6 Å². The molecule has 3 N–H and O–H groups in total. The molecular weight excluding hydrogens is 1270 g/mol. The first-order chi connectivity index (χ1) is 46.8. The van der Waals surface area contributed by atoms with Crippen molar-refractivity contribution in [2.45, 2.75) is 420 Å². The number of aliphatic hydroxyl groups is 1. The number of ether oxygens (including phenoxy) is 4. The van der Waals surface area contributed by atoms with Gasteiger partial charge in [-0.3, -0.25) is 37.3 Å². The van der Waals surface area contributed by atoms with E-state index in [4.69, 9.17) is 37.0 Å². The molecule has 0 saturated heterocycles. The van der Waals surface area contributed by atoms with E-state index < -0.39 is 97.5 Å². The highest BCUT2D eigenvalue weighted by atomic mass is 31.2. The molecule has 0 radical (unpaired) electrons. The van der Waals surface area contributed by atoms with Gasteiger partial charge >= 0.3 is 39.5 Å². The summed E-state index contributed by atoms with van der Waals surface area (Å²) in [5.41, 5.74) is 0. The minimum absolute atomic E-state index is 0.105. The molecule has 0 aromatic rings. The molecule has 3 unspecified atom stereocenters. The summed E-state index contributed by atoms with van der Waals surface area (Å²) >= 11 is 0. The van der Waals surface area contributed by atoms with E-state index in [1.54, 1.807) is 0 Å². The van der Waals surface area contributed by atoms with Gasteiger partial charge in [0.1, 0.15) is 19.3 Å². The van der Waals surface area contributed by atoms with Crippen molar-refractivity contribution in [3.63, 3.8) is 0 Å². The zero-order chi connectivity index (χ0) is 71.6. The average molecular weight is 1420 g/mol. The quantitative estimate of drug-likeness (QED) is 0.0222. The molecule has 0 spiro atoms. The molecule has 0 aliphatic carbocycles. The standard InChI is InChI=1S/C78H152O17P2/c1-8-10-11-12-13-14-22-31-38-45-52-59-75(80)88-66-74(95-78(83)62-55-48-41-34-27-29-36-43-50-57-70(5)6)68-93-97(86,87)91-64-72(79)63-90-96(84,85)92-67-73(65-89-76(81)60-53-46-39-32-25-21-17-18-23-28-35-42-49-56-69(3)4)94-77(82)61-54-47-40-33-26-20-16-15-19-24-30-37-44-51-58-71(7)9-2/h69-74,79H,8-68H2,1-7H3,(H,84,85)(H,86,87)/t71?,72-,73-,74-/m1/s1. The molecule has 0 aliphatic rings. The minimum atomic E-state index is -4.96. The van der Waals surface area contributed by atoms with Gasteiger partial charge in [-0.15, -0.1) is 0 Å². The third kappa shape index (κ3) is 70.9. The van der Waals surface area contributed by atoms with Crippen molar-refractivity contribution < 1.29 is 80.2 Å². The second-order valence-electron chi connectivity index (χ2n) is 29.3. The van der Waals surface area contributed by atoms with Crippen LogP contribution in [0.5, 0.6) is 0 Å². The monoisotopic (exact) mass is 1420 g/mol. The lowest BCUT2D eigenvalue weighted by molar-refractivity contribution is -0.161. The summed E-state index contributed by atoms with van der Waals surface area (Å²) in [6.45, 7) is 12.0. The topological polar surface area (TPSA) is 237 Å². The summed E-state index contributed by atoms with van der Waals surface area (Å²) in [5.74, 6) is 0.259. The maximum Gasteiger partial charge on any atom is 0.472 e. The van der Waals surface area contributed by atoms with E-state index in [1.807, 2.05) is 0 Å². The SMILES string of the molecule is CCCCCCCCCCCCCC(=O)OC[C@H](COP(=O)(O)OC[C@H](O)COP(=O)(O)OC[C@@H](COC(=O)CCCCCCCCCCCCCCCC(C)C)OC(=O)CCCCCCCCCCCCCCCCC(C)CC)OC(=O)CCCCCCCCCCCC(C)C. The van der Waals surface area contributed by atoms with E-state index in [-0.39, 0.29) is 25.7 Å². The van der Waals surface area contributed by atoms with Crippen molar-refractivity contribution in [3.8, 4) is 0 Å². The first kappa shape index (κ1) is 95.1. The van der Waals surface area contributed by atoms with Crippen LogP contribution in [0.4, 0.5) is 0 Å². The van der Waals surface area contributed by atoms with Crippen LogP contribution in [0.25, 0.3) is 0 Å². The van der Waals surface area contributed by atoms with E-state index in [0.29, 0.717) is 25.7 Å². The largest absolute Gasteiger partial charge is 0.472 e. The molecule has 19 heteroatoms. The maximum absolute atomic E-state index is 13.1. The predicted molar refractivity (Wildman–Crippen MR) is 395 cm³/mol. The molecule has 0 saturated carbocycles. The van der Waals surface area contributed by atoms with Gasteiger partial charge < -0.3 is 33.8 Å². The first-order valence-electron chi connectivity index (χ1n) is 40.4. The summed E-state index contributed by atoms with van der Waals surface area (Å²) in [6.07, 6.45) is 55.3. The van der Waals surface area contributed by atoms with Crippen molar-refractivity contribution >= 4 is 39.5 Å². The fraction of sp³-hybridized carbons (Fsp3) is 0.949. The number of unbranched alkanes of at least 4 members (excludes halogenated alkanes) is 43. The van der Waals surface area contributed by atoms with Gasteiger partial charge in [0.2, 0.25) is 0 Å². The van der Waals surface area contributed by atoms with Crippen LogP contribution in [0.1, 0.15) is 402 Å². The van der Waals surface area contributed by atoms with Gasteiger partial charge in [0.25, 0.3) is 0 Å². The first-order valence-corrected chi connectivity index (χ1v) is 43.4. The molecular formula is C78H152O17P2. The number of carbonyl (C=O) groups is 4. The molecule has 576 valence electrons. The van der Waals surface area contributed by atoms with E-state index in [0.717, 1.165) is 108 Å². The van der Waals surface area contributed by atoms with Gasteiger partial charge in [-0.2, -0.15) is 0 Å². The Morgan fingerprint density at radius 1 is 0.299 bits per heavy atom. The highest BCUT2D eigenvalue weighted by Gasteiger charge is 2.30. The lowest BCUT2D eigenvalue weighted by Gasteiger charge is -2.21. The van der Waals surface area contributed by atoms with E-state index >= 15 is 0 Å². The highest BCUT2D eigenvalue weighted by molar-refractivity contribution is 7.47. The van der Waals surface area contributed by atoms with Crippen LogP contribution in [0.3, 0.4) is 0 Å². The summed E-state index contributed by atoms with van der Waals surface area (Å²) in [5, 5.41) is 10.6. The lowest BCUT2D eigenvalue weighted by Crippen LogP contribution is -2.30. The molecule has 0 fully saturated rings. The van der Waals surface area contributed by atoms with Gasteiger partial charge in [0.15, 0.2) is 12.2 Å². The van der Waals surface area contributed by atoms with Gasteiger partial charge in [-0.05, 0) is 43.4 Å². The van der Waals surface area contributed by atoms with Crippen LogP contribution in [-0.4, -0.2) is 96.7 Å². The number of rotatable bonds is 76. The van der Waals surface area contributed by atoms with Crippen LogP contribution in [0.2, 0.25) is 0 Å². The molecule has 0 aromatic heterocycles. The van der Waals surface area contributed by atoms with Gasteiger partial charge in [-0.25, -0.2) is 9.13 Å². The molecule has 0 aliphatic heterocycles. The second-order valence-corrected chi connectivity index (χ2v) is 32.2. The Morgan fingerprint density at radius 2 is 0.526 bits per heavy atom. The number of hydrogen-bond donors (Lipinski definition) is 3. The van der Waals surface area contributed by atoms with Crippen molar-refractivity contribution in [2.75, 3.05) is 39.6 Å². The smallest absolute Gasteiger partial charge is 0.462 e. The average Bonchev–Trinajstić information content (AvgIpc) is 1.33. The van der Waals surface area contributed by atoms with Gasteiger partial charge in [0.05, 0.1) is 26.4 Å². The zero-order valence-electron chi connectivity index (χ0n) is 63.5. The van der Waals surface area contributed by atoms with Crippen LogP contribution < -0.4 is 0 Å². The Balaban J connectivity index is 5.25. The number of phosphoric acid groups is 2. The Morgan fingerprint density at radius 3 is 0.784 bits per heavy atom. The van der Waals surface area contributed by atoms with Crippen LogP contribution in [0, 0.1) is 17.8 Å². The molecule has 0 heterocycles. The number of phosphoric ester groups is 2. The van der Waals surface area contributed by atoms with Crippen molar-refractivity contribution in [2.24, 2.45) is 17.8 Å². The Labute approximate surface area is 594 Å². The van der Waals surface area contributed by atoms with Crippen molar-refractivity contribution in [3.05, 3.63) is 0 Å². The molecule has 97 heavy (non-hydrogen) atoms. The molecule has 17 nitrogen and oxygen atoms in total. The number of hydrogen-bond acceptors (Lipinski definition) is 15. The minimum Gasteiger partial charge on any atom is -0.462 e. The molecule has 6 atom stereocenters. The molecule has 0 rings (SSSR count). The normalized spacial score (nSPS) is 14.3. The summed E-state index contributed by atoms with van der Waals surface area (Å²) in [6, 6.07) is 0. The lowest BCUT2D eigenvalue weighted by atomic mass is 9.99. The van der Waals surface area contributed by atoms with Gasteiger partial charge in [0, 0.05) is 25.7 Å².